The summed E-state index contributed by atoms with van der Waals surface area (Å²) in [5, 5.41) is 0. The van der Waals surface area contributed by atoms with Crippen molar-refractivity contribution in [3.05, 3.63) is 0 Å². The Bertz CT molecular complexity index is 160. The van der Waals surface area contributed by atoms with Gasteiger partial charge in [-0.3, -0.25) is 0 Å². The van der Waals surface area contributed by atoms with Crippen LogP contribution in [-0.2, 0) is 0 Å². The van der Waals surface area contributed by atoms with Crippen molar-refractivity contribution in [2.75, 3.05) is 40.3 Å². The molecule has 96 valence electrons. The SMILES string of the molecule is CCCCCN1CCC(CCN(C)C)CC1. The summed E-state index contributed by atoms with van der Waals surface area (Å²) in [6, 6.07) is 0. The highest BCUT2D eigenvalue weighted by Gasteiger charge is 2.18. The van der Waals surface area contributed by atoms with E-state index in [0.717, 1.165) is 5.92 Å². The average Bonchev–Trinajstić information content (AvgIpc) is 2.28. The Labute approximate surface area is 102 Å². The van der Waals surface area contributed by atoms with Crippen LogP contribution in [0.4, 0.5) is 0 Å². The Morgan fingerprint density at radius 2 is 1.81 bits per heavy atom. The molecule has 0 amide bonds. The maximum Gasteiger partial charge on any atom is -0.00161 e. The first-order valence-electron chi connectivity index (χ1n) is 7.09. The minimum atomic E-state index is 0.991. The smallest absolute Gasteiger partial charge is 0.00161 e. The van der Waals surface area contributed by atoms with E-state index in [-0.39, 0.29) is 0 Å². The van der Waals surface area contributed by atoms with Crippen LogP contribution in [0.3, 0.4) is 0 Å². The third kappa shape index (κ3) is 5.86. The number of unbranched alkanes of at least 4 members (excludes halogenated alkanes) is 2. The van der Waals surface area contributed by atoms with Gasteiger partial charge in [0.15, 0.2) is 0 Å². The van der Waals surface area contributed by atoms with Gasteiger partial charge >= 0.3 is 0 Å². The minimum Gasteiger partial charge on any atom is -0.309 e. The average molecular weight is 226 g/mol. The van der Waals surface area contributed by atoms with Crippen LogP contribution in [0.1, 0.15) is 45.4 Å². The largest absolute Gasteiger partial charge is 0.309 e. The molecule has 0 unspecified atom stereocenters. The fourth-order valence-electron chi connectivity index (χ4n) is 2.52. The Morgan fingerprint density at radius 1 is 1.12 bits per heavy atom. The van der Waals surface area contributed by atoms with Gasteiger partial charge in [0.05, 0.1) is 0 Å². The van der Waals surface area contributed by atoms with E-state index >= 15 is 0 Å². The predicted molar refractivity (Wildman–Crippen MR) is 71.9 cm³/mol. The quantitative estimate of drug-likeness (QED) is 0.616. The van der Waals surface area contributed by atoms with Crippen molar-refractivity contribution in [1.82, 2.24) is 9.80 Å². The lowest BCUT2D eigenvalue weighted by Gasteiger charge is -2.32. The van der Waals surface area contributed by atoms with Gasteiger partial charge in [-0.05, 0) is 71.9 Å². The van der Waals surface area contributed by atoms with Crippen molar-refractivity contribution >= 4 is 0 Å². The molecule has 0 radical (unpaired) electrons. The maximum absolute atomic E-state index is 2.67. The third-order valence-corrected chi connectivity index (χ3v) is 3.77. The number of hydrogen-bond acceptors (Lipinski definition) is 2. The van der Waals surface area contributed by atoms with E-state index in [1.807, 2.05) is 0 Å². The zero-order valence-electron chi connectivity index (χ0n) is 11.5. The van der Waals surface area contributed by atoms with Gasteiger partial charge in [0, 0.05) is 0 Å². The summed E-state index contributed by atoms with van der Waals surface area (Å²) >= 11 is 0. The Hall–Kier alpha value is -0.0800. The molecule has 0 aromatic carbocycles. The summed E-state index contributed by atoms with van der Waals surface area (Å²) in [5.74, 6) is 0.991. The van der Waals surface area contributed by atoms with Crippen LogP contribution in [0, 0.1) is 5.92 Å². The first-order chi connectivity index (χ1) is 7.72. The number of piperidine rings is 1. The van der Waals surface area contributed by atoms with Crippen molar-refractivity contribution in [2.24, 2.45) is 5.92 Å². The van der Waals surface area contributed by atoms with E-state index in [0.29, 0.717) is 0 Å². The van der Waals surface area contributed by atoms with E-state index in [4.69, 9.17) is 0 Å². The number of hydrogen-bond donors (Lipinski definition) is 0. The highest BCUT2D eigenvalue weighted by atomic mass is 15.1. The molecular formula is C14H30N2. The lowest BCUT2D eigenvalue weighted by molar-refractivity contribution is 0.169. The summed E-state index contributed by atoms with van der Waals surface area (Å²) in [6.07, 6.45) is 8.41. The Kier molecular flexibility index (Phi) is 7.06. The van der Waals surface area contributed by atoms with Crippen molar-refractivity contribution in [3.63, 3.8) is 0 Å². The van der Waals surface area contributed by atoms with Gasteiger partial charge in [-0.25, -0.2) is 0 Å². The standard InChI is InChI=1S/C14H30N2/c1-4-5-6-10-16-12-8-14(9-13-16)7-11-15(2)3/h14H,4-13H2,1-3H3. The molecule has 0 aromatic rings. The van der Waals surface area contributed by atoms with Gasteiger partial charge in [-0.1, -0.05) is 19.8 Å². The second-order valence-corrected chi connectivity index (χ2v) is 5.58. The van der Waals surface area contributed by atoms with E-state index in [9.17, 15) is 0 Å². The molecule has 2 heteroatoms. The molecule has 1 fully saturated rings. The van der Waals surface area contributed by atoms with Crippen molar-refractivity contribution in [2.45, 2.75) is 45.4 Å². The predicted octanol–water partition coefficient (Wildman–Crippen LogP) is 2.84. The molecule has 0 aromatic heterocycles. The topological polar surface area (TPSA) is 6.48 Å². The molecule has 0 aliphatic carbocycles. The Morgan fingerprint density at radius 3 is 2.38 bits per heavy atom. The molecular weight excluding hydrogens is 196 g/mol. The lowest BCUT2D eigenvalue weighted by Crippen LogP contribution is -2.35. The highest BCUT2D eigenvalue weighted by Crippen LogP contribution is 2.20. The van der Waals surface area contributed by atoms with Gasteiger partial charge in [0.25, 0.3) is 0 Å². The summed E-state index contributed by atoms with van der Waals surface area (Å²) in [6.45, 7) is 7.59. The van der Waals surface area contributed by atoms with Crippen LogP contribution < -0.4 is 0 Å². The molecule has 1 aliphatic rings. The van der Waals surface area contributed by atoms with E-state index < -0.39 is 0 Å². The first-order valence-corrected chi connectivity index (χ1v) is 7.09. The van der Waals surface area contributed by atoms with E-state index in [2.05, 4.69) is 30.8 Å². The van der Waals surface area contributed by atoms with Crippen molar-refractivity contribution in [3.8, 4) is 0 Å². The normalized spacial score (nSPS) is 19.5. The Balaban J connectivity index is 2.04. The van der Waals surface area contributed by atoms with Crippen molar-refractivity contribution in [1.29, 1.82) is 0 Å². The van der Waals surface area contributed by atoms with Crippen LogP contribution in [-0.4, -0.2) is 50.1 Å². The number of likely N-dealkylation sites (tertiary alicyclic amines) is 1. The summed E-state index contributed by atoms with van der Waals surface area (Å²) in [7, 11) is 4.36. The van der Waals surface area contributed by atoms with Crippen molar-refractivity contribution < 1.29 is 0 Å². The summed E-state index contributed by atoms with van der Waals surface area (Å²) in [5.41, 5.74) is 0. The molecule has 0 atom stereocenters. The van der Waals surface area contributed by atoms with Crippen LogP contribution >= 0.6 is 0 Å². The molecule has 0 saturated carbocycles. The van der Waals surface area contributed by atoms with E-state index in [1.54, 1.807) is 0 Å². The molecule has 1 rings (SSSR count). The van der Waals surface area contributed by atoms with Crippen LogP contribution in [0.5, 0.6) is 0 Å². The molecule has 2 nitrogen and oxygen atoms in total. The molecule has 0 bridgehead atoms. The zero-order valence-corrected chi connectivity index (χ0v) is 11.5. The minimum absolute atomic E-state index is 0.991. The third-order valence-electron chi connectivity index (χ3n) is 3.77. The fourth-order valence-corrected chi connectivity index (χ4v) is 2.52. The highest BCUT2D eigenvalue weighted by molar-refractivity contribution is 4.72. The number of nitrogens with zero attached hydrogens (tertiary/aromatic N) is 2. The monoisotopic (exact) mass is 226 g/mol. The van der Waals surface area contributed by atoms with Crippen LogP contribution in [0.25, 0.3) is 0 Å². The molecule has 1 aliphatic heterocycles. The van der Waals surface area contributed by atoms with Gasteiger partial charge in [0.2, 0.25) is 0 Å². The maximum atomic E-state index is 2.67. The number of rotatable bonds is 7. The van der Waals surface area contributed by atoms with Gasteiger partial charge in [0.1, 0.15) is 0 Å². The van der Waals surface area contributed by atoms with Crippen LogP contribution in [0.15, 0.2) is 0 Å². The van der Waals surface area contributed by atoms with E-state index in [1.165, 1.54) is 64.7 Å². The molecule has 0 spiro atoms. The van der Waals surface area contributed by atoms with Gasteiger partial charge in [-0.15, -0.1) is 0 Å². The molecule has 1 heterocycles. The first kappa shape index (κ1) is 14.0. The second-order valence-electron chi connectivity index (χ2n) is 5.58. The molecule has 0 N–H and O–H groups in total. The fraction of sp³-hybridized carbons (Fsp3) is 1.00. The summed E-state index contributed by atoms with van der Waals surface area (Å²) in [4.78, 5) is 4.98. The summed E-state index contributed by atoms with van der Waals surface area (Å²) < 4.78 is 0. The van der Waals surface area contributed by atoms with Gasteiger partial charge in [-0.2, -0.15) is 0 Å². The second kappa shape index (κ2) is 8.08. The van der Waals surface area contributed by atoms with Gasteiger partial charge < -0.3 is 9.80 Å². The zero-order chi connectivity index (χ0) is 11.8. The van der Waals surface area contributed by atoms with Crippen LogP contribution in [0.2, 0.25) is 0 Å². The molecule has 16 heavy (non-hydrogen) atoms. The molecule has 1 saturated heterocycles. The lowest BCUT2D eigenvalue weighted by atomic mass is 9.93.